The third-order valence-corrected chi connectivity index (χ3v) is 5.29. The average Bonchev–Trinajstić information content (AvgIpc) is 3.18. The maximum absolute atomic E-state index is 12.8. The van der Waals surface area contributed by atoms with Crippen LogP contribution in [0.5, 0.6) is 0 Å². The second-order valence-corrected chi connectivity index (χ2v) is 6.97. The van der Waals surface area contributed by atoms with Gasteiger partial charge in [0, 0.05) is 19.1 Å². The highest BCUT2D eigenvalue weighted by molar-refractivity contribution is 5.80. The SMILES string of the molecule is CC1CNCC1C(=O)N(CC1CCCCC1)C1CC1. The number of carbonyl (C=O) groups is 1. The zero-order valence-electron chi connectivity index (χ0n) is 12.2. The first-order chi connectivity index (χ1) is 9.25. The maximum atomic E-state index is 12.8. The van der Waals surface area contributed by atoms with Gasteiger partial charge in [-0.15, -0.1) is 0 Å². The lowest BCUT2D eigenvalue weighted by atomic mass is 9.88. The van der Waals surface area contributed by atoms with Crippen LogP contribution in [0.3, 0.4) is 0 Å². The van der Waals surface area contributed by atoms with Crippen molar-refractivity contribution in [3.63, 3.8) is 0 Å². The molecule has 1 heterocycles. The summed E-state index contributed by atoms with van der Waals surface area (Å²) in [5.74, 6) is 1.98. The van der Waals surface area contributed by atoms with Gasteiger partial charge < -0.3 is 10.2 Å². The predicted molar refractivity (Wildman–Crippen MR) is 76.8 cm³/mol. The molecule has 0 bridgehead atoms. The molecule has 0 aromatic heterocycles. The highest BCUT2D eigenvalue weighted by atomic mass is 16.2. The van der Waals surface area contributed by atoms with Crippen molar-refractivity contribution >= 4 is 5.91 Å². The van der Waals surface area contributed by atoms with E-state index in [9.17, 15) is 4.79 Å². The van der Waals surface area contributed by atoms with Gasteiger partial charge in [-0.2, -0.15) is 0 Å². The number of amides is 1. The van der Waals surface area contributed by atoms with Crippen LogP contribution in [-0.4, -0.2) is 36.5 Å². The second-order valence-electron chi connectivity index (χ2n) is 6.97. The van der Waals surface area contributed by atoms with E-state index in [1.54, 1.807) is 0 Å². The Morgan fingerprint density at radius 2 is 1.84 bits per heavy atom. The number of carbonyl (C=O) groups excluding carboxylic acids is 1. The van der Waals surface area contributed by atoms with Crippen molar-refractivity contribution in [3.8, 4) is 0 Å². The first-order valence-electron chi connectivity index (χ1n) is 8.27. The molecule has 108 valence electrons. The van der Waals surface area contributed by atoms with Gasteiger partial charge in [0.15, 0.2) is 0 Å². The largest absolute Gasteiger partial charge is 0.339 e. The van der Waals surface area contributed by atoms with Crippen molar-refractivity contribution in [3.05, 3.63) is 0 Å². The number of nitrogens with one attached hydrogen (secondary N) is 1. The first-order valence-corrected chi connectivity index (χ1v) is 8.27. The first kappa shape index (κ1) is 13.4. The van der Waals surface area contributed by atoms with Gasteiger partial charge in [-0.05, 0) is 44.1 Å². The van der Waals surface area contributed by atoms with Crippen molar-refractivity contribution in [2.45, 2.75) is 57.9 Å². The predicted octanol–water partition coefficient (Wildman–Crippen LogP) is 2.41. The number of nitrogens with zero attached hydrogens (tertiary/aromatic N) is 1. The van der Waals surface area contributed by atoms with Gasteiger partial charge in [0.05, 0.1) is 5.92 Å². The van der Waals surface area contributed by atoms with Crippen LogP contribution in [0.25, 0.3) is 0 Å². The zero-order valence-corrected chi connectivity index (χ0v) is 12.2. The van der Waals surface area contributed by atoms with Gasteiger partial charge in [0.1, 0.15) is 0 Å². The average molecular weight is 264 g/mol. The van der Waals surface area contributed by atoms with E-state index in [1.807, 2.05) is 0 Å². The molecule has 1 amide bonds. The minimum Gasteiger partial charge on any atom is -0.339 e. The molecule has 0 spiro atoms. The molecule has 19 heavy (non-hydrogen) atoms. The van der Waals surface area contributed by atoms with Gasteiger partial charge in [-0.25, -0.2) is 0 Å². The Hall–Kier alpha value is -0.570. The van der Waals surface area contributed by atoms with Crippen molar-refractivity contribution in [1.82, 2.24) is 10.2 Å². The highest BCUT2D eigenvalue weighted by Crippen LogP contribution is 2.33. The van der Waals surface area contributed by atoms with Crippen LogP contribution in [-0.2, 0) is 4.79 Å². The van der Waals surface area contributed by atoms with Gasteiger partial charge in [-0.1, -0.05) is 26.2 Å². The summed E-state index contributed by atoms with van der Waals surface area (Å²) in [5, 5.41) is 3.37. The molecule has 2 atom stereocenters. The molecule has 3 heteroatoms. The Morgan fingerprint density at radius 3 is 2.42 bits per heavy atom. The Kier molecular flexibility index (Phi) is 4.11. The Labute approximate surface area is 117 Å². The molecular formula is C16H28N2O. The van der Waals surface area contributed by atoms with Crippen LogP contribution < -0.4 is 5.32 Å². The second kappa shape index (κ2) is 5.82. The molecule has 1 N–H and O–H groups in total. The van der Waals surface area contributed by atoms with E-state index in [2.05, 4.69) is 17.1 Å². The third-order valence-electron chi connectivity index (χ3n) is 5.29. The summed E-state index contributed by atoms with van der Waals surface area (Å²) >= 11 is 0. The summed E-state index contributed by atoms with van der Waals surface area (Å²) in [4.78, 5) is 15.1. The van der Waals surface area contributed by atoms with Crippen LogP contribution in [0.2, 0.25) is 0 Å². The smallest absolute Gasteiger partial charge is 0.227 e. The van der Waals surface area contributed by atoms with Gasteiger partial charge in [0.2, 0.25) is 5.91 Å². The summed E-state index contributed by atoms with van der Waals surface area (Å²) in [6.07, 6.45) is 9.32. The van der Waals surface area contributed by atoms with E-state index in [4.69, 9.17) is 0 Å². The van der Waals surface area contributed by atoms with E-state index >= 15 is 0 Å². The molecule has 3 fully saturated rings. The highest BCUT2D eigenvalue weighted by Gasteiger charge is 2.39. The van der Waals surface area contributed by atoms with Gasteiger partial charge >= 0.3 is 0 Å². The van der Waals surface area contributed by atoms with E-state index in [0.29, 0.717) is 17.9 Å². The Bertz CT molecular complexity index is 321. The maximum Gasteiger partial charge on any atom is 0.227 e. The Morgan fingerprint density at radius 1 is 1.11 bits per heavy atom. The number of hydrogen-bond donors (Lipinski definition) is 1. The van der Waals surface area contributed by atoms with Crippen LogP contribution in [0.4, 0.5) is 0 Å². The molecule has 2 saturated carbocycles. The quantitative estimate of drug-likeness (QED) is 0.845. The minimum atomic E-state index is 0.240. The fraction of sp³-hybridized carbons (Fsp3) is 0.938. The minimum absolute atomic E-state index is 0.240. The molecule has 2 unspecified atom stereocenters. The van der Waals surface area contributed by atoms with Crippen LogP contribution in [0.1, 0.15) is 51.9 Å². The molecule has 3 aliphatic rings. The molecule has 0 aromatic carbocycles. The van der Waals surface area contributed by atoms with Crippen molar-refractivity contribution in [2.75, 3.05) is 19.6 Å². The molecule has 3 rings (SSSR count). The summed E-state index contributed by atoms with van der Waals surface area (Å²) < 4.78 is 0. The summed E-state index contributed by atoms with van der Waals surface area (Å²) in [7, 11) is 0. The van der Waals surface area contributed by atoms with E-state index in [-0.39, 0.29) is 5.92 Å². The lowest BCUT2D eigenvalue weighted by Crippen LogP contribution is -2.43. The lowest BCUT2D eigenvalue weighted by Gasteiger charge is -2.32. The molecule has 3 nitrogen and oxygen atoms in total. The van der Waals surface area contributed by atoms with Crippen LogP contribution in [0.15, 0.2) is 0 Å². The Balaban J connectivity index is 1.61. The molecule has 2 aliphatic carbocycles. The van der Waals surface area contributed by atoms with E-state index in [0.717, 1.165) is 25.6 Å². The summed E-state index contributed by atoms with van der Waals surface area (Å²) in [6, 6.07) is 0.585. The lowest BCUT2D eigenvalue weighted by molar-refractivity contribution is -0.137. The molecule has 1 aliphatic heterocycles. The van der Waals surface area contributed by atoms with Crippen molar-refractivity contribution in [1.29, 1.82) is 0 Å². The van der Waals surface area contributed by atoms with E-state index in [1.165, 1.54) is 44.9 Å². The van der Waals surface area contributed by atoms with Crippen LogP contribution in [0, 0.1) is 17.8 Å². The van der Waals surface area contributed by atoms with Crippen LogP contribution >= 0.6 is 0 Å². The number of rotatable bonds is 4. The molecule has 0 radical (unpaired) electrons. The standard InChI is InChI=1S/C16H28N2O/c1-12-9-17-10-15(12)16(19)18(14-7-8-14)11-13-5-3-2-4-6-13/h12-15,17H,2-11H2,1H3. The topological polar surface area (TPSA) is 32.3 Å². The van der Waals surface area contributed by atoms with Crippen molar-refractivity contribution < 1.29 is 4.79 Å². The molecule has 1 saturated heterocycles. The van der Waals surface area contributed by atoms with Gasteiger partial charge in [-0.3, -0.25) is 4.79 Å². The molecular weight excluding hydrogens is 236 g/mol. The monoisotopic (exact) mass is 264 g/mol. The van der Waals surface area contributed by atoms with E-state index < -0.39 is 0 Å². The normalized spacial score (nSPS) is 32.5. The third kappa shape index (κ3) is 3.13. The van der Waals surface area contributed by atoms with Crippen molar-refractivity contribution in [2.24, 2.45) is 17.8 Å². The zero-order chi connectivity index (χ0) is 13.2. The summed E-state index contributed by atoms with van der Waals surface area (Å²) in [6.45, 7) is 5.17. The summed E-state index contributed by atoms with van der Waals surface area (Å²) in [5.41, 5.74) is 0. The fourth-order valence-corrected chi connectivity index (χ4v) is 3.81. The molecule has 0 aromatic rings. The fourth-order valence-electron chi connectivity index (χ4n) is 3.81. The van der Waals surface area contributed by atoms with Gasteiger partial charge in [0.25, 0.3) is 0 Å². The number of hydrogen-bond acceptors (Lipinski definition) is 2.